The third-order valence-electron chi connectivity index (χ3n) is 2.67. The van der Waals surface area contributed by atoms with Crippen LogP contribution < -0.4 is 0 Å². The monoisotopic (exact) mass is 284 g/mol. The summed E-state index contributed by atoms with van der Waals surface area (Å²) in [6, 6.07) is 0. The van der Waals surface area contributed by atoms with E-state index in [0.717, 1.165) is 0 Å². The Bertz CT molecular complexity index is 366. The number of hydrogen-bond donors (Lipinski definition) is 0. The lowest BCUT2D eigenvalue weighted by Gasteiger charge is -2.35. The van der Waals surface area contributed by atoms with Crippen LogP contribution in [-0.4, -0.2) is 60.2 Å². The molecule has 0 bridgehead atoms. The minimum absolute atomic E-state index is 0.286. The van der Waals surface area contributed by atoms with Crippen LogP contribution in [0.15, 0.2) is 12.3 Å². The van der Waals surface area contributed by atoms with Crippen LogP contribution in [0.5, 0.6) is 0 Å². The van der Waals surface area contributed by atoms with Gasteiger partial charge >= 0.3 is 12.1 Å². The molecule has 1 saturated heterocycles. The predicted molar refractivity (Wildman–Crippen MR) is 75.2 cm³/mol. The molecule has 1 aliphatic heterocycles. The fourth-order valence-electron chi connectivity index (χ4n) is 1.74. The van der Waals surface area contributed by atoms with Gasteiger partial charge in [-0.2, -0.15) is 0 Å². The summed E-state index contributed by atoms with van der Waals surface area (Å²) in [6.45, 7) is 10.2. The third kappa shape index (κ3) is 5.95. The van der Waals surface area contributed by atoms with Crippen molar-refractivity contribution in [2.24, 2.45) is 0 Å². The van der Waals surface area contributed by atoms with Crippen molar-refractivity contribution in [2.45, 2.75) is 33.3 Å². The summed E-state index contributed by atoms with van der Waals surface area (Å²) >= 11 is 0. The second-order valence-electron chi connectivity index (χ2n) is 5.57. The number of nitrogens with zero attached hydrogens (tertiary/aromatic N) is 2. The van der Waals surface area contributed by atoms with Crippen LogP contribution in [0.2, 0.25) is 0 Å². The first-order valence-electron chi connectivity index (χ1n) is 6.89. The maximum Gasteiger partial charge on any atom is 0.410 e. The van der Waals surface area contributed by atoms with Crippen LogP contribution in [0.3, 0.4) is 0 Å². The van der Waals surface area contributed by atoms with Gasteiger partial charge in [-0.25, -0.2) is 9.59 Å². The molecule has 0 aromatic rings. The maximum atomic E-state index is 11.9. The van der Waals surface area contributed by atoms with E-state index in [-0.39, 0.29) is 12.1 Å². The number of hydrogen-bond acceptors (Lipinski definition) is 5. The Morgan fingerprint density at radius 3 is 2.25 bits per heavy atom. The molecule has 0 unspecified atom stereocenters. The minimum atomic E-state index is -0.474. The number of piperazine rings is 1. The number of esters is 1. The molecular weight excluding hydrogens is 260 g/mol. The van der Waals surface area contributed by atoms with Gasteiger partial charge in [-0.3, -0.25) is 0 Å². The summed E-state index contributed by atoms with van der Waals surface area (Å²) in [6.07, 6.45) is 2.84. The Morgan fingerprint density at radius 1 is 1.15 bits per heavy atom. The average Bonchev–Trinajstić information content (AvgIpc) is 2.35. The molecule has 0 N–H and O–H groups in total. The Hall–Kier alpha value is -1.72. The van der Waals surface area contributed by atoms with Crippen molar-refractivity contribution in [1.29, 1.82) is 0 Å². The van der Waals surface area contributed by atoms with Crippen LogP contribution >= 0.6 is 0 Å². The lowest BCUT2D eigenvalue weighted by molar-refractivity contribution is -0.137. The smallest absolute Gasteiger partial charge is 0.410 e. The van der Waals surface area contributed by atoms with E-state index in [4.69, 9.17) is 9.47 Å². The van der Waals surface area contributed by atoms with Crippen LogP contribution in [0.4, 0.5) is 4.79 Å². The molecule has 0 aliphatic carbocycles. The minimum Gasteiger partial charge on any atom is -0.463 e. The number of ether oxygens (including phenoxy) is 2. The molecule has 0 aromatic carbocycles. The molecule has 6 heteroatoms. The van der Waals surface area contributed by atoms with Crippen molar-refractivity contribution in [3.63, 3.8) is 0 Å². The first-order chi connectivity index (χ1) is 9.31. The molecule has 0 saturated carbocycles. The first kappa shape index (κ1) is 16.3. The molecule has 0 spiro atoms. The predicted octanol–water partition coefficient (Wildman–Crippen LogP) is 1.62. The van der Waals surface area contributed by atoms with Gasteiger partial charge in [-0.15, -0.1) is 0 Å². The molecule has 1 rings (SSSR count). The number of amides is 1. The summed E-state index contributed by atoms with van der Waals surface area (Å²) in [5.41, 5.74) is -0.474. The Morgan fingerprint density at radius 2 is 1.75 bits per heavy atom. The highest BCUT2D eigenvalue weighted by molar-refractivity contribution is 5.81. The van der Waals surface area contributed by atoms with Crippen molar-refractivity contribution >= 4 is 12.1 Å². The Kier molecular flexibility index (Phi) is 5.85. The molecule has 1 heterocycles. The van der Waals surface area contributed by atoms with E-state index >= 15 is 0 Å². The van der Waals surface area contributed by atoms with Crippen LogP contribution in [0.1, 0.15) is 27.7 Å². The first-order valence-corrected chi connectivity index (χ1v) is 6.89. The van der Waals surface area contributed by atoms with E-state index in [9.17, 15) is 9.59 Å². The van der Waals surface area contributed by atoms with Crippen molar-refractivity contribution in [2.75, 3.05) is 32.8 Å². The molecule has 0 aromatic heterocycles. The molecule has 1 amide bonds. The van der Waals surface area contributed by atoms with Gasteiger partial charge in [0.2, 0.25) is 0 Å². The van der Waals surface area contributed by atoms with Gasteiger partial charge < -0.3 is 19.3 Å². The molecule has 1 fully saturated rings. The summed E-state index contributed by atoms with van der Waals surface area (Å²) in [4.78, 5) is 26.7. The topological polar surface area (TPSA) is 59.1 Å². The fraction of sp³-hybridized carbons (Fsp3) is 0.714. The van der Waals surface area contributed by atoms with Crippen LogP contribution in [0, 0.1) is 0 Å². The lowest BCUT2D eigenvalue weighted by Crippen LogP contribution is -2.48. The fourth-order valence-corrected chi connectivity index (χ4v) is 1.74. The highest BCUT2D eigenvalue weighted by Gasteiger charge is 2.24. The number of carbonyl (C=O) groups is 2. The standard InChI is InChI=1S/C14H24N2O4/c1-5-19-12(17)6-7-15-8-10-16(11-9-15)13(18)20-14(2,3)4/h6-7H,5,8-11H2,1-4H3. The lowest BCUT2D eigenvalue weighted by atomic mass is 10.2. The third-order valence-corrected chi connectivity index (χ3v) is 2.67. The van der Waals surface area contributed by atoms with Crippen molar-refractivity contribution in [1.82, 2.24) is 9.80 Å². The van der Waals surface area contributed by atoms with E-state index < -0.39 is 5.60 Å². The zero-order valence-corrected chi connectivity index (χ0v) is 12.7. The zero-order chi connectivity index (χ0) is 15.2. The summed E-state index contributed by atoms with van der Waals surface area (Å²) in [5.74, 6) is -0.345. The zero-order valence-electron chi connectivity index (χ0n) is 12.7. The van der Waals surface area contributed by atoms with Gasteiger partial charge in [0.1, 0.15) is 5.60 Å². The molecule has 6 nitrogen and oxygen atoms in total. The van der Waals surface area contributed by atoms with Gasteiger partial charge in [0.05, 0.1) is 6.61 Å². The summed E-state index contributed by atoms with van der Waals surface area (Å²) in [7, 11) is 0. The van der Waals surface area contributed by atoms with Crippen molar-refractivity contribution in [3.05, 3.63) is 12.3 Å². The molecular formula is C14H24N2O4. The SMILES string of the molecule is CCOC(=O)C=CN1CCN(C(=O)OC(C)(C)C)CC1. The molecule has 1 aliphatic rings. The van der Waals surface area contributed by atoms with Gasteiger partial charge in [0, 0.05) is 38.5 Å². The van der Waals surface area contributed by atoms with Gasteiger partial charge in [0.25, 0.3) is 0 Å². The van der Waals surface area contributed by atoms with Gasteiger partial charge in [0.15, 0.2) is 0 Å². The van der Waals surface area contributed by atoms with Crippen LogP contribution in [-0.2, 0) is 14.3 Å². The van der Waals surface area contributed by atoms with Crippen LogP contribution in [0.25, 0.3) is 0 Å². The van der Waals surface area contributed by atoms with E-state index in [0.29, 0.717) is 32.8 Å². The van der Waals surface area contributed by atoms with E-state index in [1.807, 2.05) is 25.7 Å². The molecule has 20 heavy (non-hydrogen) atoms. The summed E-state index contributed by atoms with van der Waals surface area (Å²) < 4.78 is 10.1. The maximum absolute atomic E-state index is 11.9. The Balaban J connectivity index is 2.36. The van der Waals surface area contributed by atoms with Gasteiger partial charge in [-0.1, -0.05) is 0 Å². The molecule has 0 atom stereocenters. The quantitative estimate of drug-likeness (QED) is 0.582. The largest absolute Gasteiger partial charge is 0.463 e. The van der Waals surface area contributed by atoms with E-state index in [2.05, 4.69) is 0 Å². The average molecular weight is 284 g/mol. The number of rotatable bonds is 3. The molecule has 0 radical (unpaired) electrons. The van der Waals surface area contributed by atoms with Gasteiger partial charge in [-0.05, 0) is 27.7 Å². The highest BCUT2D eigenvalue weighted by Crippen LogP contribution is 2.11. The number of carbonyl (C=O) groups excluding carboxylic acids is 2. The normalized spacial score (nSPS) is 16.4. The second kappa shape index (κ2) is 7.17. The highest BCUT2D eigenvalue weighted by atomic mass is 16.6. The molecule has 114 valence electrons. The van der Waals surface area contributed by atoms with Crippen molar-refractivity contribution in [3.8, 4) is 0 Å². The Labute approximate surface area is 120 Å². The summed E-state index contributed by atoms with van der Waals surface area (Å²) in [5, 5.41) is 0. The van der Waals surface area contributed by atoms with E-state index in [1.165, 1.54) is 6.08 Å². The second-order valence-corrected chi connectivity index (χ2v) is 5.57. The van der Waals surface area contributed by atoms with E-state index in [1.54, 1.807) is 18.0 Å². The van der Waals surface area contributed by atoms with Crippen molar-refractivity contribution < 1.29 is 19.1 Å².